The minimum absolute atomic E-state index is 0.131. The van der Waals surface area contributed by atoms with Crippen LogP contribution in [0.25, 0.3) is 0 Å². The Morgan fingerprint density at radius 2 is 2.16 bits per heavy atom. The van der Waals surface area contributed by atoms with Crippen LogP contribution in [0.2, 0.25) is 0 Å². The fraction of sp³-hybridized carbons (Fsp3) is 0.615. The van der Waals surface area contributed by atoms with Crippen LogP contribution in [0.5, 0.6) is 0 Å². The zero-order chi connectivity index (χ0) is 13.8. The Morgan fingerprint density at radius 1 is 1.47 bits per heavy atom. The van der Waals surface area contributed by atoms with Crippen molar-refractivity contribution in [2.45, 2.75) is 45.0 Å². The van der Waals surface area contributed by atoms with E-state index in [0.717, 1.165) is 25.7 Å². The van der Waals surface area contributed by atoms with E-state index in [0.29, 0.717) is 5.82 Å². The highest BCUT2D eigenvalue weighted by molar-refractivity contribution is 5.90. The van der Waals surface area contributed by atoms with E-state index in [2.05, 4.69) is 9.97 Å². The first-order valence-electron chi connectivity index (χ1n) is 6.45. The van der Waals surface area contributed by atoms with E-state index in [-0.39, 0.29) is 18.1 Å². The quantitative estimate of drug-likeness (QED) is 0.788. The van der Waals surface area contributed by atoms with Crippen LogP contribution in [0.15, 0.2) is 6.20 Å². The van der Waals surface area contributed by atoms with Crippen LogP contribution in [0.3, 0.4) is 0 Å². The topological polar surface area (TPSA) is 52.1 Å². The van der Waals surface area contributed by atoms with Gasteiger partial charge in [0.2, 0.25) is 0 Å². The Kier molecular flexibility index (Phi) is 4.39. The zero-order valence-corrected chi connectivity index (χ0v) is 10.7. The van der Waals surface area contributed by atoms with Crippen molar-refractivity contribution in [3.8, 4) is 0 Å². The summed E-state index contributed by atoms with van der Waals surface area (Å²) < 4.78 is 30.7. The Morgan fingerprint density at radius 3 is 2.74 bits per heavy atom. The molecule has 0 radical (unpaired) electrons. The van der Waals surface area contributed by atoms with Gasteiger partial charge < -0.3 is 4.74 Å². The lowest BCUT2D eigenvalue weighted by Crippen LogP contribution is -2.13. The second kappa shape index (κ2) is 6.04. The minimum Gasteiger partial charge on any atom is -0.462 e. The predicted octanol–water partition coefficient (Wildman–Crippen LogP) is 3.25. The molecule has 0 spiro atoms. The molecule has 1 aromatic rings. The van der Waals surface area contributed by atoms with Crippen LogP contribution in [0.1, 0.15) is 66.8 Å². The number of alkyl halides is 2. The molecule has 4 nitrogen and oxygen atoms in total. The number of aromatic nitrogens is 2. The van der Waals surface area contributed by atoms with Crippen LogP contribution in [-0.2, 0) is 4.74 Å². The van der Waals surface area contributed by atoms with Crippen LogP contribution in [-0.4, -0.2) is 22.5 Å². The fourth-order valence-electron chi connectivity index (χ4n) is 2.32. The third-order valence-electron chi connectivity index (χ3n) is 3.26. The molecule has 0 atom stereocenters. The molecular weight excluding hydrogens is 254 g/mol. The molecule has 0 unspecified atom stereocenters. The first-order chi connectivity index (χ1) is 9.13. The highest BCUT2D eigenvalue weighted by atomic mass is 19.3. The predicted molar refractivity (Wildman–Crippen MR) is 64.2 cm³/mol. The van der Waals surface area contributed by atoms with E-state index in [1.807, 2.05) is 0 Å². The fourth-order valence-corrected chi connectivity index (χ4v) is 2.32. The summed E-state index contributed by atoms with van der Waals surface area (Å²) in [5.41, 5.74) is -0.756. The molecule has 6 heteroatoms. The maximum atomic E-state index is 13.0. The molecule has 0 aliphatic heterocycles. The first-order valence-corrected chi connectivity index (χ1v) is 6.45. The highest BCUT2D eigenvalue weighted by Gasteiger charge is 2.26. The molecule has 0 saturated heterocycles. The van der Waals surface area contributed by atoms with E-state index in [9.17, 15) is 13.6 Å². The second-order valence-electron chi connectivity index (χ2n) is 4.53. The Labute approximate surface area is 110 Å². The largest absolute Gasteiger partial charge is 0.462 e. The molecule has 1 heterocycles. The lowest BCUT2D eigenvalue weighted by molar-refractivity contribution is 0.0512. The van der Waals surface area contributed by atoms with Gasteiger partial charge in [-0.05, 0) is 19.8 Å². The molecule has 1 aliphatic rings. The molecular formula is C13H16F2N2O2. The molecule has 0 amide bonds. The normalized spacial score (nSPS) is 16.0. The van der Waals surface area contributed by atoms with Crippen LogP contribution in [0.4, 0.5) is 8.78 Å². The van der Waals surface area contributed by atoms with Crippen molar-refractivity contribution in [1.82, 2.24) is 9.97 Å². The van der Waals surface area contributed by atoms with Crippen molar-refractivity contribution in [2.24, 2.45) is 0 Å². The van der Waals surface area contributed by atoms with Crippen molar-refractivity contribution in [3.05, 3.63) is 23.3 Å². The third kappa shape index (κ3) is 3.05. The summed E-state index contributed by atoms with van der Waals surface area (Å²) in [6.07, 6.45) is 2.33. The van der Waals surface area contributed by atoms with Gasteiger partial charge >= 0.3 is 5.97 Å². The van der Waals surface area contributed by atoms with Gasteiger partial charge in [-0.3, -0.25) is 0 Å². The molecule has 19 heavy (non-hydrogen) atoms. The Bertz CT molecular complexity index is 460. The Hall–Kier alpha value is -1.59. The number of carbonyl (C=O) groups excluding carboxylic acids is 1. The zero-order valence-electron chi connectivity index (χ0n) is 10.7. The van der Waals surface area contributed by atoms with Gasteiger partial charge in [-0.25, -0.2) is 23.5 Å². The lowest BCUT2D eigenvalue weighted by Gasteiger charge is -2.12. The van der Waals surface area contributed by atoms with Gasteiger partial charge in [0.05, 0.1) is 6.61 Å². The molecule has 1 saturated carbocycles. The van der Waals surface area contributed by atoms with E-state index < -0.39 is 18.1 Å². The summed E-state index contributed by atoms with van der Waals surface area (Å²) in [5.74, 6) is -0.245. The number of ether oxygens (including phenoxy) is 1. The molecule has 2 rings (SSSR count). The number of esters is 1. The van der Waals surface area contributed by atoms with E-state index in [4.69, 9.17) is 4.74 Å². The van der Waals surface area contributed by atoms with Gasteiger partial charge in [0, 0.05) is 12.1 Å². The molecule has 0 bridgehead atoms. The van der Waals surface area contributed by atoms with E-state index >= 15 is 0 Å². The summed E-state index contributed by atoms with van der Waals surface area (Å²) in [4.78, 5) is 19.5. The smallest absolute Gasteiger partial charge is 0.341 e. The highest BCUT2D eigenvalue weighted by Crippen LogP contribution is 2.33. The SMILES string of the molecule is CCOC(=O)c1cnc(C2CCCC2)nc1C(F)F. The standard InChI is InChI=1S/C13H16F2N2O2/c1-2-19-13(18)9-7-16-12(8-5-3-4-6-8)17-10(9)11(14)15/h7-8,11H,2-6H2,1H3. The summed E-state index contributed by atoms with van der Waals surface area (Å²) in [5, 5.41) is 0. The van der Waals surface area contributed by atoms with Gasteiger partial charge in [0.1, 0.15) is 17.1 Å². The van der Waals surface area contributed by atoms with Gasteiger partial charge in [0.25, 0.3) is 6.43 Å². The number of nitrogens with zero attached hydrogens (tertiary/aromatic N) is 2. The molecule has 1 fully saturated rings. The molecule has 0 N–H and O–H groups in total. The van der Waals surface area contributed by atoms with E-state index in [1.54, 1.807) is 6.92 Å². The second-order valence-corrected chi connectivity index (χ2v) is 4.53. The molecule has 0 aromatic carbocycles. The average molecular weight is 270 g/mol. The van der Waals surface area contributed by atoms with Crippen molar-refractivity contribution in [1.29, 1.82) is 0 Å². The summed E-state index contributed by atoms with van der Waals surface area (Å²) in [7, 11) is 0. The monoisotopic (exact) mass is 270 g/mol. The maximum Gasteiger partial charge on any atom is 0.341 e. The van der Waals surface area contributed by atoms with Crippen LogP contribution in [0, 0.1) is 0 Å². The van der Waals surface area contributed by atoms with Crippen LogP contribution < -0.4 is 0 Å². The Balaban J connectivity index is 2.31. The number of hydrogen-bond donors (Lipinski definition) is 0. The average Bonchev–Trinajstić information content (AvgIpc) is 2.92. The molecule has 1 aliphatic carbocycles. The van der Waals surface area contributed by atoms with Crippen molar-refractivity contribution in [3.63, 3.8) is 0 Å². The van der Waals surface area contributed by atoms with Gasteiger partial charge in [-0.2, -0.15) is 0 Å². The first kappa shape index (κ1) is 13.8. The van der Waals surface area contributed by atoms with Gasteiger partial charge in [0.15, 0.2) is 0 Å². The number of rotatable bonds is 4. The summed E-state index contributed by atoms with van der Waals surface area (Å²) in [6.45, 7) is 1.75. The summed E-state index contributed by atoms with van der Waals surface area (Å²) in [6, 6.07) is 0. The van der Waals surface area contributed by atoms with Crippen molar-refractivity contribution in [2.75, 3.05) is 6.61 Å². The van der Waals surface area contributed by atoms with Crippen molar-refractivity contribution < 1.29 is 18.3 Å². The number of carbonyl (C=O) groups is 1. The number of hydrogen-bond acceptors (Lipinski definition) is 4. The number of halogens is 2. The summed E-state index contributed by atoms with van der Waals surface area (Å²) >= 11 is 0. The molecule has 1 aromatic heterocycles. The minimum atomic E-state index is -2.80. The maximum absolute atomic E-state index is 13.0. The third-order valence-corrected chi connectivity index (χ3v) is 3.26. The van der Waals surface area contributed by atoms with E-state index in [1.165, 1.54) is 6.20 Å². The van der Waals surface area contributed by atoms with Crippen LogP contribution >= 0.6 is 0 Å². The molecule has 104 valence electrons. The lowest BCUT2D eigenvalue weighted by atomic mass is 10.1. The van der Waals surface area contributed by atoms with Gasteiger partial charge in [-0.15, -0.1) is 0 Å². The van der Waals surface area contributed by atoms with Gasteiger partial charge in [-0.1, -0.05) is 12.8 Å². The van der Waals surface area contributed by atoms with Crippen molar-refractivity contribution >= 4 is 5.97 Å².